The van der Waals surface area contributed by atoms with Gasteiger partial charge in [-0.2, -0.15) is 5.10 Å². The van der Waals surface area contributed by atoms with Crippen molar-refractivity contribution in [2.75, 3.05) is 14.2 Å². The number of hydrogen-bond donors (Lipinski definition) is 0. The fraction of sp³-hybridized carbons (Fsp3) is 0.133. The highest BCUT2D eigenvalue weighted by Crippen LogP contribution is 2.29. The van der Waals surface area contributed by atoms with Gasteiger partial charge in [0.05, 0.1) is 25.4 Å². The van der Waals surface area contributed by atoms with Crippen LogP contribution in [0.2, 0.25) is 5.15 Å². The van der Waals surface area contributed by atoms with Crippen molar-refractivity contribution in [3.05, 3.63) is 47.6 Å². The van der Waals surface area contributed by atoms with Crippen LogP contribution in [0, 0.1) is 0 Å². The van der Waals surface area contributed by atoms with Crippen molar-refractivity contribution in [2.24, 2.45) is 0 Å². The minimum atomic E-state index is 0.577. The number of rotatable bonds is 3. The molecule has 0 radical (unpaired) electrons. The molecule has 102 valence electrons. The molecule has 0 bridgehead atoms. The van der Waals surface area contributed by atoms with Gasteiger partial charge in [-0.1, -0.05) is 11.6 Å². The Kier molecular flexibility index (Phi) is 3.24. The van der Waals surface area contributed by atoms with E-state index in [1.807, 2.05) is 42.5 Å². The number of fused-ring (bicyclic) bond motifs is 1. The van der Waals surface area contributed by atoms with Crippen LogP contribution in [0.15, 0.2) is 42.5 Å². The number of halogens is 1. The molecule has 1 aromatic heterocycles. The van der Waals surface area contributed by atoms with Gasteiger partial charge in [-0.3, -0.25) is 0 Å². The number of nitrogens with zero attached hydrogens (tertiary/aromatic N) is 2. The second kappa shape index (κ2) is 5.06. The molecule has 0 atom stereocenters. The Morgan fingerprint density at radius 2 is 1.60 bits per heavy atom. The molecule has 3 rings (SSSR count). The van der Waals surface area contributed by atoms with Crippen LogP contribution in [0.4, 0.5) is 0 Å². The molecular formula is C15H13ClN2O2. The first-order valence-electron chi connectivity index (χ1n) is 6.09. The monoisotopic (exact) mass is 288 g/mol. The van der Waals surface area contributed by atoms with Gasteiger partial charge in [0, 0.05) is 11.5 Å². The maximum Gasteiger partial charge on any atom is 0.140 e. The molecule has 0 unspecified atom stereocenters. The highest BCUT2D eigenvalue weighted by atomic mass is 35.5. The molecule has 0 saturated heterocycles. The van der Waals surface area contributed by atoms with Crippen LogP contribution in [-0.4, -0.2) is 24.0 Å². The Hall–Kier alpha value is -2.20. The van der Waals surface area contributed by atoms with Crippen LogP contribution < -0.4 is 9.47 Å². The van der Waals surface area contributed by atoms with Gasteiger partial charge in [0.25, 0.3) is 0 Å². The van der Waals surface area contributed by atoms with E-state index < -0.39 is 0 Å². The Morgan fingerprint density at radius 3 is 2.25 bits per heavy atom. The molecule has 0 N–H and O–H groups in total. The van der Waals surface area contributed by atoms with E-state index >= 15 is 0 Å². The first-order chi connectivity index (χ1) is 9.72. The number of ether oxygens (including phenoxy) is 2. The lowest BCUT2D eigenvalue weighted by Gasteiger charge is -2.04. The van der Waals surface area contributed by atoms with Gasteiger partial charge in [0.15, 0.2) is 0 Å². The third-order valence-corrected chi connectivity index (χ3v) is 3.50. The fourth-order valence-corrected chi connectivity index (χ4v) is 2.35. The summed E-state index contributed by atoms with van der Waals surface area (Å²) in [4.78, 5) is 0. The minimum Gasteiger partial charge on any atom is -0.497 e. The van der Waals surface area contributed by atoms with Crippen LogP contribution in [-0.2, 0) is 0 Å². The van der Waals surface area contributed by atoms with Crippen LogP contribution >= 0.6 is 11.6 Å². The van der Waals surface area contributed by atoms with Gasteiger partial charge in [-0.25, -0.2) is 4.68 Å². The second-order valence-electron chi connectivity index (χ2n) is 4.28. The van der Waals surface area contributed by atoms with E-state index in [4.69, 9.17) is 21.1 Å². The summed E-state index contributed by atoms with van der Waals surface area (Å²) >= 11 is 6.39. The van der Waals surface area contributed by atoms with Gasteiger partial charge in [0.2, 0.25) is 0 Å². The summed E-state index contributed by atoms with van der Waals surface area (Å²) in [5, 5.41) is 5.98. The average Bonchev–Trinajstić information content (AvgIpc) is 2.84. The molecule has 0 amide bonds. The standard InChI is InChI=1S/C15H13ClN2O2/c1-19-11-5-3-10(4-6-11)18-15(16)13-8-7-12(20-2)9-14(13)17-18/h3-9H,1-2H3. The van der Waals surface area contributed by atoms with Crippen LogP contribution in [0.5, 0.6) is 11.5 Å². The highest BCUT2D eigenvalue weighted by molar-refractivity contribution is 6.34. The molecule has 0 spiro atoms. The summed E-state index contributed by atoms with van der Waals surface area (Å²) in [5.41, 5.74) is 1.68. The predicted octanol–water partition coefficient (Wildman–Crippen LogP) is 3.70. The topological polar surface area (TPSA) is 36.3 Å². The summed E-state index contributed by atoms with van der Waals surface area (Å²) in [6.45, 7) is 0. The van der Waals surface area contributed by atoms with Gasteiger partial charge in [0.1, 0.15) is 16.7 Å². The lowest BCUT2D eigenvalue weighted by molar-refractivity contribution is 0.414. The fourth-order valence-electron chi connectivity index (χ4n) is 2.06. The second-order valence-corrected chi connectivity index (χ2v) is 4.64. The molecule has 0 fully saturated rings. The molecule has 1 heterocycles. The van der Waals surface area contributed by atoms with Crippen LogP contribution in [0.1, 0.15) is 0 Å². The summed E-state index contributed by atoms with van der Waals surface area (Å²) in [7, 11) is 3.26. The van der Waals surface area contributed by atoms with E-state index in [0.29, 0.717) is 5.15 Å². The number of aromatic nitrogens is 2. The average molecular weight is 289 g/mol. The zero-order chi connectivity index (χ0) is 14.1. The molecule has 20 heavy (non-hydrogen) atoms. The normalized spacial score (nSPS) is 10.8. The summed E-state index contributed by atoms with van der Waals surface area (Å²) in [6.07, 6.45) is 0. The number of hydrogen-bond acceptors (Lipinski definition) is 3. The van der Waals surface area contributed by atoms with Crippen molar-refractivity contribution in [1.29, 1.82) is 0 Å². The van der Waals surface area contributed by atoms with E-state index in [2.05, 4.69) is 5.10 Å². The van der Waals surface area contributed by atoms with Gasteiger partial charge in [-0.05, 0) is 36.4 Å². The van der Waals surface area contributed by atoms with E-state index in [9.17, 15) is 0 Å². The first kappa shape index (κ1) is 12.8. The zero-order valence-corrected chi connectivity index (χ0v) is 11.9. The van der Waals surface area contributed by atoms with Crippen LogP contribution in [0.3, 0.4) is 0 Å². The number of methoxy groups -OCH3 is 2. The Balaban J connectivity index is 2.12. The molecule has 0 aliphatic heterocycles. The Morgan fingerprint density at radius 1 is 0.950 bits per heavy atom. The van der Waals surface area contributed by atoms with Crippen molar-refractivity contribution in [3.63, 3.8) is 0 Å². The quantitative estimate of drug-likeness (QED) is 0.737. The summed E-state index contributed by atoms with van der Waals surface area (Å²) in [6, 6.07) is 13.2. The molecule has 0 aliphatic carbocycles. The number of benzene rings is 2. The Labute approximate surface area is 121 Å². The SMILES string of the molecule is COc1ccc(-n2nc3cc(OC)ccc3c2Cl)cc1. The third-order valence-electron chi connectivity index (χ3n) is 3.14. The highest BCUT2D eigenvalue weighted by Gasteiger charge is 2.11. The summed E-state index contributed by atoms with van der Waals surface area (Å²) < 4.78 is 12.0. The zero-order valence-electron chi connectivity index (χ0n) is 11.1. The van der Waals surface area contributed by atoms with Crippen LogP contribution in [0.25, 0.3) is 16.6 Å². The van der Waals surface area contributed by atoms with Crippen molar-refractivity contribution < 1.29 is 9.47 Å². The lowest BCUT2D eigenvalue weighted by Crippen LogP contribution is -1.96. The van der Waals surface area contributed by atoms with Gasteiger partial charge in [-0.15, -0.1) is 0 Å². The Bertz CT molecular complexity index is 750. The van der Waals surface area contributed by atoms with Gasteiger partial charge >= 0.3 is 0 Å². The largest absolute Gasteiger partial charge is 0.497 e. The molecule has 2 aromatic carbocycles. The van der Waals surface area contributed by atoms with E-state index in [-0.39, 0.29) is 0 Å². The molecule has 4 nitrogen and oxygen atoms in total. The summed E-state index contributed by atoms with van der Waals surface area (Å²) in [5.74, 6) is 1.55. The van der Waals surface area contributed by atoms with E-state index in [1.54, 1.807) is 18.9 Å². The smallest absolute Gasteiger partial charge is 0.140 e. The van der Waals surface area contributed by atoms with Crippen molar-refractivity contribution in [2.45, 2.75) is 0 Å². The van der Waals surface area contributed by atoms with Crippen molar-refractivity contribution >= 4 is 22.5 Å². The predicted molar refractivity (Wildman–Crippen MR) is 79.2 cm³/mol. The third kappa shape index (κ3) is 2.08. The van der Waals surface area contributed by atoms with E-state index in [0.717, 1.165) is 28.1 Å². The molecule has 5 heteroatoms. The minimum absolute atomic E-state index is 0.577. The first-order valence-corrected chi connectivity index (χ1v) is 6.47. The van der Waals surface area contributed by atoms with Gasteiger partial charge < -0.3 is 9.47 Å². The lowest BCUT2D eigenvalue weighted by atomic mass is 10.2. The van der Waals surface area contributed by atoms with Crippen molar-refractivity contribution in [1.82, 2.24) is 9.78 Å². The molecule has 0 aliphatic rings. The maximum absolute atomic E-state index is 6.39. The van der Waals surface area contributed by atoms with E-state index in [1.165, 1.54) is 0 Å². The molecular weight excluding hydrogens is 276 g/mol. The molecule has 3 aromatic rings. The van der Waals surface area contributed by atoms with Crippen molar-refractivity contribution in [3.8, 4) is 17.2 Å². The molecule has 0 saturated carbocycles. The maximum atomic E-state index is 6.39.